The van der Waals surface area contributed by atoms with Crippen LogP contribution in [0.4, 0.5) is 40.3 Å². The molecule has 2 aliphatic rings. The fraction of sp³-hybridized carbons (Fsp3) is 0.346. The van der Waals surface area contributed by atoms with Crippen LogP contribution in [0.25, 0.3) is 22.4 Å². The number of anilines is 4. The predicted molar refractivity (Wildman–Crippen MR) is 286 cm³/mol. The van der Waals surface area contributed by atoms with Gasteiger partial charge < -0.3 is 29.7 Å². The molecule has 3 N–H and O–H groups in total. The van der Waals surface area contributed by atoms with E-state index in [-0.39, 0.29) is 16.3 Å². The number of nitrogens with one attached hydrogen (secondary N) is 2. The van der Waals surface area contributed by atoms with E-state index in [4.69, 9.17) is 11.6 Å². The van der Waals surface area contributed by atoms with E-state index in [2.05, 4.69) is 14.9 Å². The molecule has 0 spiro atoms. The Labute approximate surface area is 439 Å². The summed E-state index contributed by atoms with van der Waals surface area (Å²) in [5.74, 6) is -0.203. The Balaban J connectivity index is 0.976. The van der Waals surface area contributed by atoms with Gasteiger partial charge in [0, 0.05) is 109 Å². The molecule has 0 amide bonds. The van der Waals surface area contributed by atoms with Crippen molar-refractivity contribution in [3.05, 3.63) is 132 Å². The van der Waals surface area contributed by atoms with Crippen molar-refractivity contribution in [2.75, 3.05) is 77.7 Å². The standard InChI is InChI=1S/C52H57ClF4N6O7S4/c1-35-50(72(4,65)66)48(49(60(35)3)36-10-12-38(53)13-11-36)37-30-39(54)32-43(31-37)63-28-26-62(27-29-63)42-16-14-40(15-17-42)59-74(69,70)45-18-19-46(47(33-45)73(67,68)52(55,56)57)58-41(34-71-44-8-6-5-7-9-44)20-23-61-24-21-51(2,64)22-25-61/h5-19,30-33,41,58-59,64H,20-29,34H2,1-4H3/t41-/m1/s1. The molecule has 2 fully saturated rings. The van der Waals surface area contributed by atoms with Crippen LogP contribution in [0.3, 0.4) is 0 Å². The van der Waals surface area contributed by atoms with E-state index in [0.29, 0.717) is 116 Å². The highest BCUT2D eigenvalue weighted by molar-refractivity contribution is 7.99. The number of hydrogen-bond acceptors (Lipinski definition) is 12. The van der Waals surface area contributed by atoms with Gasteiger partial charge in [-0.1, -0.05) is 41.9 Å². The minimum absolute atomic E-state index is 0.0712. The average Bonchev–Trinajstić information content (AvgIpc) is 3.62. The predicted octanol–water partition coefficient (Wildman–Crippen LogP) is 10.1. The number of aliphatic hydroxyl groups is 1. The Bertz CT molecular complexity index is 3330. The highest BCUT2D eigenvalue weighted by Crippen LogP contribution is 2.43. The van der Waals surface area contributed by atoms with Crippen LogP contribution >= 0.6 is 23.4 Å². The Morgan fingerprint density at radius 1 is 0.784 bits per heavy atom. The van der Waals surface area contributed by atoms with Gasteiger partial charge in [-0.05, 0) is 129 Å². The summed E-state index contributed by atoms with van der Waals surface area (Å²) in [7, 11) is -12.7. The second-order valence-corrected chi connectivity index (χ2v) is 26.1. The number of piperazine rings is 1. The van der Waals surface area contributed by atoms with E-state index in [1.54, 1.807) is 67.9 Å². The van der Waals surface area contributed by atoms with Crippen LogP contribution in [0, 0.1) is 12.7 Å². The third-order valence-electron chi connectivity index (χ3n) is 13.6. The van der Waals surface area contributed by atoms with E-state index >= 15 is 4.39 Å². The van der Waals surface area contributed by atoms with Gasteiger partial charge in [-0.2, -0.15) is 13.2 Å². The molecular weight excluding hydrogens is 1060 g/mol. The summed E-state index contributed by atoms with van der Waals surface area (Å²) in [5.41, 5.74) is -3.03. The number of halogens is 5. The Hall–Kier alpha value is -5.29. The number of thioether (sulfide) groups is 1. The van der Waals surface area contributed by atoms with Crippen LogP contribution in [0.2, 0.25) is 5.02 Å². The molecule has 0 radical (unpaired) electrons. The quantitative estimate of drug-likeness (QED) is 0.0587. The molecule has 3 heterocycles. The number of rotatable bonds is 17. The maximum atomic E-state index is 15.6. The van der Waals surface area contributed by atoms with Crippen LogP contribution in [0.1, 0.15) is 31.9 Å². The normalized spacial score (nSPS) is 16.3. The molecule has 0 saturated carbocycles. The van der Waals surface area contributed by atoms with Gasteiger partial charge in [-0.25, -0.2) is 29.6 Å². The number of benzene rings is 5. The SMILES string of the molecule is Cc1c(S(C)(=O)=O)c(-c2cc(F)cc(N3CCN(c4ccc(NS(=O)(=O)c5ccc(N[C@H](CCN6CCC(C)(O)CC6)CSc6ccccc6)c(S(=O)(=O)C(F)(F)F)c5)cc4)CC3)c2)c(-c2ccc(Cl)cc2)n1C. The van der Waals surface area contributed by atoms with Gasteiger partial charge >= 0.3 is 5.51 Å². The molecule has 2 saturated heterocycles. The lowest BCUT2D eigenvalue weighted by Gasteiger charge is -2.37. The van der Waals surface area contributed by atoms with E-state index in [9.17, 15) is 43.5 Å². The number of alkyl halides is 3. The first-order chi connectivity index (χ1) is 34.8. The minimum Gasteiger partial charge on any atom is -0.390 e. The number of piperidine rings is 1. The third kappa shape index (κ3) is 12.5. The monoisotopic (exact) mass is 1120 g/mol. The largest absolute Gasteiger partial charge is 0.501 e. The molecule has 2 aliphatic heterocycles. The smallest absolute Gasteiger partial charge is 0.390 e. The van der Waals surface area contributed by atoms with Gasteiger partial charge in [0.25, 0.3) is 19.9 Å². The van der Waals surface area contributed by atoms with Crippen molar-refractivity contribution in [3.8, 4) is 22.4 Å². The maximum absolute atomic E-state index is 15.6. The second-order valence-electron chi connectivity index (χ2n) is 19.0. The zero-order valence-corrected chi connectivity index (χ0v) is 45.1. The fourth-order valence-corrected chi connectivity index (χ4v) is 13.9. The van der Waals surface area contributed by atoms with Crippen LogP contribution in [0.15, 0.2) is 135 Å². The molecule has 0 bridgehead atoms. The summed E-state index contributed by atoms with van der Waals surface area (Å²) in [5, 5.41) is 14.0. The molecule has 74 heavy (non-hydrogen) atoms. The first-order valence-corrected chi connectivity index (χ1v) is 30.0. The molecule has 22 heteroatoms. The topological polar surface area (TPSA) is 161 Å². The molecular formula is C52H57ClF4N6O7S4. The first kappa shape index (κ1) is 55.0. The van der Waals surface area contributed by atoms with Crippen molar-refractivity contribution in [2.45, 2.75) is 69.8 Å². The summed E-state index contributed by atoms with van der Waals surface area (Å²) in [4.78, 5) is 5.24. The van der Waals surface area contributed by atoms with Crippen molar-refractivity contribution < 1.29 is 47.9 Å². The Kier molecular flexibility index (Phi) is 16.2. The van der Waals surface area contributed by atoms with E-state index in [1.807, 2.05) is 40.1 Å². The second kappa shape index (κ2) is 21.7. The van der Waals surface area contributed by atoms with Gasteiger partial charge in [-0.3, -0.25) is 4.72 Å². The zero-order valence-electron chi connectivity index (χ0n) is 41.0. The number of hydrogen-bond donors (Lipinski definition) is 3. The Morgan fingerprint density at radius 2 is 1.41 bits per heavy atom. The van der Waals surface area contributed by atoms with E-state index in [0.717, 1.165) is 29.0 Å². The molecule has 13 nitrogen and oxygen atoms in total. The van der Waals surface area contributed by atoms with Gasteiger partial charge in [0.15, 0.2) is 9.84 Å². The lowest BCUT2D eigenvalue weighted by molar-refractivity contribution is -0.0436. The van der Waals surface area contributed by atoms with Crippen LogP contribution in [-0.4, -0.2) is 115 Å². The lowest BCUT2D eigenvalue weighted by Crippen LogP contribution is -2.46. The maximum Gasteiger partial charge on any atom is 0.501 e. The van der Waals surface area contributed by atoms with Gasteiger partial charge in [0.1, 0.15) is 10.7 Å². The summed E-state index contributed by atoms with van der Waals surface area (Å²) >= 11 is 7.62. The average molecular weight is 1120 g/mol. The molecule has 8 rings (SSSR count). The summed E-state index contributed by atoms with van der Waals surface area (Å²) in [6, 6.07) is 29.2. The van der Waals surface area contributed by atoms with E-state index in [1.165, 1.54) is 36.0 Å². The lowest BCUT2D eigenvalue weighted by atomic mass is 9.94. The number of sulfonamides is 1. The molecule has 5 aromatic carbocycles. The summed E-state index contributed by atoms with van der Waals surface area (Å²) in [6.07, 6.45) is 2.64. The van der Waals surface area contributed by atoms with Crippen LogP contribution < -0.4 is 19.8 Å². The zero-order chi connectivity index (χ0) is 53.4. The highest BCUT2D eigenvalue weighted by atomic mass is 35.5. The first-order valence-electron chi connectivity index (χ1n) is 23.7. The van der Waals surface area contributed by atoms with Crippen molar-refractivity contribution >= 4 is 75.8 Å². The van der Waals surface area contributed by atoms with Crippen molar-refractivity contribution in [3.63, 3.8) is 0 Å². The Morgan fingerprint density at radius 3 is 2.01 bits per heavy atom. The van der Waals surface area contributed by atoms with Gasteiger partial charge in [0.2, 0.25) is 0 Å². The molecule has 0 unspecified atom stereocenters. The molecule has 6 aromatic rings. The molecule has 1 aromatic heterocycles. The van der Waals surface area contributed by atoms with Gasteiger partial charge in [0.05, 0.1) is 26.8 Å². The van der Waals surface area contributed by atoms with Gasteiger partial charge in [-0.15, -0.1) is 11.8 Å². The van der Waals surface area contributed by atoms with Crippen molar-refractivity contribution in [1.29, 1.82) is 0 Å². The number of likely N-dealkylation sites (tertiary alicyclic amines) is 1. The van der Waals surface area contributed by atoms with Crippen molar-refractivity contribution in [2.24, 2.45) is 7.05 Å². The van der Waals surface area contributed by atoms with E-state index < -0.39 is 62.5 Å². The third-order valence-corrected chi connectivity index (χ3v) is 19.1. The fourth-order valence-electron chi connectivity index (χ4n) is 9.39. The molecule has 396 valence electrons. The minimum atomic E-state index is -6.06. The van der Waals surface area contributed by atoms with Crippen LogP contribution in [-0.2, 0) is 36.7 Å². The number of nitrogens with zero attached hydrogens (tertiary/aromatic N) is 4. The van der Waals surface area contributed by atoms with Crippen molar-refractivity contribution in [1.82, 2.24) is 9.47 Å². The van der Waals surface area contributed by atoms with Crippen LogP contribution in [0.5, 0.6) is 0 Å². The number of sulfone groups is 2. The summed E-state index contributed by atoms with van der Waals surface area (Å²) in [6.45, 7) is 7.04. The highest BCUT2D eigenvalue weighted by Gasteiger charge is 2.48. The number of aromatic nitrogens is 1. The summed E-state index contributed by atoms with van der Waals surface area (Å²) < 4.78 is 143. The molecule has 1 atom stereocenters. The molecule has 0 aliphatic carbocycles.